The van der Waals surface area contributed by atoms with E-state index in [1.165, 1.54) is 61.2 Å². The molecular formula is C92H121Cl2F2N11O17. The highest BCUT2D eigenvalue weighted by molar-refractivity contribution is 6.31. The number of aliphatic hydroxyl groups is 1. The minimum absolute atomic E-state index is 0.0254. The molecule has 124 heavy (non-hydrogen) atoms. The van der Waals surface area contributed by atoms with Gasteiger partial charge in [0.15, 0.2) is 5.78 Å². The van der Waals surface area contributed by atoms with Crippen molar-refractivity contribution in [2.24, 2.45) is 51.6 Å². The van der Waals surface area contributed by atoms with E-state index in [4.69, 9.17) is 62.1 Å². The number of nitrogens with one attached hydrogen (secondary N) is 8. The zero-order valence-electron chi connectivity index (χ0n) is 72.1. The predicted octanol–water partition coefficient (Wildman–Crippen LogP) is 12.6. The number of hydrogen-bond acceptors (Lipinski definition) is 19. The fourth-order valence-electron chi connectivity index (χ4n) is 20.1. The van der Waals surface area contributed by atoms with Gasteiger partial charge in [-0.15, -0.1) is 0 Å². The summed E-state index contributed by atoms with van der Waals surface area (Å²) in [6.45, 7) is 16.5. The number of urea groups is 1. The second-order valence-electron chi connectivity index (χ2n) is 36.0. The fraction of sp³-hybridized carbons (Fsp3) is 0.587. The van der Waals surface area contributed by atoms with Gasteiger partial charge >= 0.3 is 18.2 Å². The molecule has 28 nitrogen and oxygen atoms in total. The third kappa shape index (κ3) is 23.1. The molecule has 2 heterocycles. The average Bonchev–Trinajstić information content (AvgIpc) is 1.45. The van der Waals surface area contributed by atoms with E-state index in [9.17, 15) is 53.5 Å². The van der Waals surface area contributed by atoms with Crippen molar-refractivity contribution in [2.75, 3.05) is 96.8 Å². The molecule has 7 aliphatic rings. The molecule has 6 fully saturated rings. The molecule has 11 rings (SSSR count). The van der Waals surface area contributed by atoms with Crippen molar-refractivity contribution >= 4 is 88.1 Å². The van der Waals surface area contributed by atoms with Crippen LogP contribution >= 0.6 is 23.2 Å². The number of methoxy groups -OCH3 is 1. The van der Waals surface area contributed by atoms with Crippen LogP contribution in [0.4, 0.5) is 34.5 Å². The maximum atomic E-state index is 16.3. The minimum Gasteiger partial charge on any atom is -0.495 e. The number of amides is 9. The highest BCUT2D eigenvalue weighted by Gasteiger charge is 2.68. The Morgan fingerprint density at radius 2 is 1.48 bits per heavy atom. The average molecular weight is 1760 g/mol. The molecule has 11 N–H and O–H groups in total. The highest BCUT2D eigenvalue weighted by atomic mass is 35.5. The molecule has 674 valence electrons. The van der Waals surface area contributed by atoms with Crippen molar-refractivity contribution in [2.45, 2.75) is 211 Å². The number of anilines is 2. The number of piperidine rings is 1. The largest absolute Gasteiger partial charge is 0.495 e. The van der Waals surface area contributed by atoms with Crippen molar-refractivity contribution in [3.63, 3.8) is 0 Å². The van der Waals surface area contributed by atoms with Crippen molar-refractivity contribution in [1.29, 1.82) is 5.26 Å². The van der Waals surface area contributed by atoms with Gasteiger partial charge in [0.05, 0.1) is 88.4 Å². The number of alkyl carbamates (subject to hydrolysis) is 1. The number of nitriles is 1. The number of hydrogen-bond donors (Lipinski definition) is 10. The molecule has 2 saturated heterocycles. The first-order valence-electron chi connectivity index (χ1n) is 43.4. The van der Waals surface area contributed by atoms with E-state index in [1.54, 1.807) is 49.1 Å². The van der Waals surface area contributed by atoms with Gasteiger partial charge in [0.1, 0.15) is 47.6 Å². The topological polar surface area (TPSA) is 388 Å². The smallest absolute Gasteiger partial charge is 0.410 e. The number of benzene rings is 4. The van der Waals surface area contributed by atoms with Crippen LogP contribution < -0.4 is 53.0 Å². The van der Waals surface area contributed by atoms with Gasteiger partial charge < -0.3 is 91.4 Å². The molecule has 4 aromatic carbocycles. The lowest BCUT2D eigenvalue weighted by atomic mass is 9.43. The third-order valence-corrected chi connectivity index (χ3v) is 27.1. The summed E-state index contributed by atoms with van der Waals surface area (Å²) >= 11 is 12.5. The molecule has 0 aromatic heterocycles. The summed E-state index contributed by atoms with van der Waals surface area (Å²) < 4.78 is 72.3. The minimum atomic E-state index is -1.85. The van der Waals surface area contributed by atoms with E-state index < -0.39 is 112 Å². The Kier molecular flexibility index (Phi) is 32.9. The number of allylic oxidation sites excluding steroid dienone is 4. The van der Waals surface area contributed by atoms with Gasteiger partial charge in [-0.3, -0.25) is 28.8 Å². The summed E-state index contributed by atoms with van der Waals surface area (Å²) in [5.74, 6) is -4.63. The van der Waals surface area contributed by atoms with Crippen molar-refractivity contribution in [1.82, 2.24) is 36.8 Å². The van der Waals surface area contributed by atoms with Crippen molar-refractivity contribution in [3.05, 3.63) is 147 Å². The SMILES string of the molecule is COc1cc(C(=O)NCCOCCOCCOCCOCCC(=O)N[C@@H](C(=O)N[C@@H](CCCNC(N)=O)C(=O)Nc2ccc(COC(=O)N3CCC(NC(=O)O[C@H]4CC[C@]5(C)C6CC[C@]7(C)[C@@H](C8=CCC(=O)C=C8)CC[C@]7(O)C6CC[C@@H]5C4)CC3)cc2)C(C)C)ccc1NC(=O)[C@@H]1N[C@@H](CC(C)(C)C)[C@](C#N)(c2ccc(Cl)cc2F)[C@H]1c1cccc(Cl)c1F. The van der Waals surface area contributed by atoms with Gasteiger partial charge in [0.2, 0.25) is 23.6 Å². The molecule has 0 spiro atoms. The van der Waals surface area contributed by atoms with E-state index in [1.807, 2.05) is 26.8 Å². The van der Waals surface area contributed by atoms with Gasteiger partial charge in [-0.2, -0.15) is 5.26 Å². The van der Waals surface area contributed by atoms with E-state index >= 15 is 8.78 Å². The van der Waals surface area contributed by atoms with Crippen LogP contribution in [0.2, 0.25) is 10.0 Å². The lowest BCUT2D eigenvalue weighted by molar-refractivity contribution is -0.207. The molecule has 14 atom stereocenters. The number of ether oxygens (including phenoxy) is 7. The van der Waals surface area contributed by atoms with Gasteiger partial charge in [-0.25, -0.2) is 23.2 Å². The van der Waals surface area contributed by atoms with Crippen molar-refractivity contribution < 1.29 is 90.2 Å². The Morgan fingerprint density at radius 1 is 0.774 bits per heavy atom. The second kappa shape index (κ2) is 42.8. The lowest BCUT2D eigenvalue weighted by Crippen LogP contribution is -2.62. The molecule has 2 aliphatic heterocycles. The summed E-state index contributed by atoms with van der Waals surface area (Å²) in [7, 11) is 1.36. The Hall–Kier alpha value is -9.32. The lowest BCUT2D eigenvalue weighted by Gasteiger charge is -2.63. The molecule has 32 heteroatoms. The Labute approximate surface area is 734 Å². The number of nitrogens with zero attached hydrogens (tertiary/aromatic N) is 2. The number of rotatable bonds is 37. The first-order valence-corrected chi connectivity index (χ1v) is 44.1. The van der Waals surface area contributed by atoms with Crippen LogP contribution in [0, 0.1) is 68.8 Å². The zero-order valence-corrected chi connectivity index (χ0v) is 73.6. The predicted molar refractivity (Wildman–Crippen MR) is 462 cm³/mol. The summed E-state index contributed by atoms with van der Waals surface area (Å²) in [6, 6.07) is 16.3. The quantitative estimate of drug-likeness (QED) is 0.0187. The third-order valence-electron chi connectivity index (χ3n) is 26.6. The Morgan fingerprint density at radius 3 is 2.15 bits per heavy atom. The number of nitrogens with two attached hydrogens (primary N) is 1. The zero-order chi connectivity index (χ0) is 89.3. The van der Waals surface area contributed by atoms with Gasteiger partial charge in [0.25, 0.3) is 5.91 Å². The maximum absolute atomic E-state index is 16.3. The fourth-order valence-corrected chi connectivity index (χ4v) is 20.5. The number of ketones is 1. The molecule has 5 aliphatic carbocycles. The van der Waals surface area contributed by atoms with E-state index in [0.717, 1.165) is 63.9 Å². The Bertz CT molecular complexity index is 4580. The van der Waals surface area contributed by atoms with Crippen LogP contribution in [0.1, 0.15) is 184 Å². The first-order chi connectivity index (χ1) is 59.2. The maximum Gasteiger partial charge on any atom is 0.410 e. The number of carbonyl (C=O) groups is 9. The van der Waals surface area contributed by atoms with Crippen LogP contribution in [0.25, 0.3) is 0 Å². The standard InChI is InChI=1S/C92H121Cl2F2N11O17/c1-55(2)79(106-76(109)33-41-119-43-45-121-47-48-122-46-44-120-42-38-99-81(110)58-18-27-72(74(49-58)118-8)103-84(113)80-77(65-11-9-12-70(94)78(65)96)91(54-97,75(105-80)52-88(3,4)5)69-26-20-60(93)51-71(69)95)83(112)104-73(13-10-37-100-85(98)114)82(111)101-61-21-14-56(15-22-61)53-123-87(116)107-39-31-62(32-40-107)102-86(115)124-64-28-34-89(6)59(50-64)19-25-68-67(89)29-35-90(7)66(30-36-92(68,90)117)57-16-23-63(108)24-17-57/h9,11-12,14-18,20-23,26-27,49,51,55,59,62,64,66-68,73,75,77,79-80,105,117H,10,13,19,24-25,28-48,50,52-53H2,1-8H3,(H,99,110)(H,101,111)(H,102,115)(H,103,113)(H,104,112)(H,106,109)(H3,98,100,114)/t59-,64+,66-,67?,68?,73+,75+,77+,79-,80-,89+,90-,91+,92+/m1/s1. The number of fused-ring (bicyclic) bond motifs is 5. The van der Waals surface area contributed by atoms with E-state index in [2.05, 4.69) is 68.5 Å². The van der Waals surface area contributed by atoms with Crippen LogP contribution in [-0.2, 0) is 64.4 Å². The normalized spacial score (nSPS) is 25.8. The van der Waals surface area contributed by atoms with Gasteiger partial charge in [-0.05, 0) is 202 Å². The van der Waals surface area contributed by atoms with Gasteiger partial charge in [0, 0.05) is 84.3 Å². The van der Waals surface area contributed by atoms with Crippen LogP contribution in [0.15, 0.2) is 103 Å². The molecule has 0 radical (unpaired) electrons. The summed E-state index contributed by atoms with van der Waals surface area (Å²) in [4.78, 5) is 121. The Balaban J connectivity index is 0.533. The molecular weight excluding hydrogens is 1640 g/mol. The monoisotopic (exact) mass is 1760 g/mol. The number of halogens is 4. The molecule has 9 amide bonds. The number of primary amides is 1. The summed E-state index contributed by atoms with van der Waals surface area (Å²) in [6.07, 6.45) is 14.9. The molecule has 2 unspecified atom stereocenters. The van der Waals surface area contributed by atoms with Crippen LogP contribution in [0.5, 0.6) is 5.75 Å². The van der Waals surface area contributed by atoms with E-state index in [-0.39, 0.29) is 177 Å². The molecule has 4 saturated carbocycles. The van der Waals surface area contributed by atoms with Crippen LogP contribution in [0.3, 0.4) is 0 Å². The number of carbonyl (C=O) groups excluding carboxylic acids is 9. The molecule has 4 aromatic rings. The van der Waals surface area contributed by atoms with Gasteiger partial charge in [-0.1, -0.05) is 114 Å². The summed E-state index contributed by atoms with van der Waals surface area (Å²) in [5.41, 5.74) is 4.52. The van der Waals surface area contributed by atoms with E-state index in [0.29, 0.717) is 55.4 Å². The second-order valence-corrected chi connectivity index (χ2v) is 36.8. The van der Waals surface area contributed by atoms with Crippen LogP contribution in [-0.4, -0.2) is 192 Å². The highest BCUT2D eigenvalue weighted by Crippen LogP contribution is 2.70. The number of likely N-dealkylation sites (tertiary alicyclic amines) is 1. The first kappa shape index (κ1) is 95.3. The van der Waals surface area contributed by atoms with Crippen molar-refractivity contribution in [3.8, 4) is 11.8 Å². The summed E-state index contributed by atoms with van der Waals surface area (Å²) in [5, 5.41) is 46.6. The molecule has 0 bridgehead atoms.